The topological polar surface area (TPSA) is 52.6 Å². The van der Waals surface area contributed by atoms with Gasteiger partial charge >= 0.3 is 11.9 Å². The third-order valence-electron chi connectivity index (χ3n) is 4.57. The maximum atomic E-state index is 11.8. The number of esters is 2. The van der Waals surface area contributed by atoms with Crippen molar-refractivity contribution in [1.82, 2.24) is 0 Å². The molecule has 1 atom stereocenters. The van der Waals surface area contributed by atoms with Crippen molar-refractivity contribution in [3.63, 3.8) is 0 Å². The van der Waals surface area contributed by atoms with Gasteiger partial charge in [-0.2, -0.15) is 0 Å². The van der Waals surface area contributed by atoms with Gasteiger partial charge in [0.15, 0.2) is 0 Å². The fourth-order valence-corrected chi connectivity index (χ4v) is 2.99. The summed E-state index contributed by atoms with van der Waals surface area (Å²) >= 11 is 0. The summed E-state index contributed by atoms with van der Waals surface area (Å²) in [5.74, 6) is 0.376. The Morgan fingerprint density at radius 3 is 2.30 bits per heavy atom. The first-order chi connectivity index (χ1) is 11.0. The van der Waals surface area contributed by atoms with Crippen LogP contribution in [-0.4, -0.2) is 24.1 Å². The summed E-state index contributed by atoms with van der Waals surface area (Å²) in [6, 6.07) is 0. The largest absolute Gasteiger partial charge is 0.463 e. The smallest absolute Gasteiger partial charge is 0.306 e. The monoisotopic (exact) mass is 326 g/mol. The molecule has 0 radical (unpaired) electrons. The molecule has 1 aliphatic rings. The second kappa shape index (κ2) is 11.5. The highest BCUT2D eigenvalue weighted by atomic mass is 16.5. The molecule has 0 amide bonds. The lowest BCUT2D eigenvalue weighted by molar-refractivity contribution is -0.151. The first-order valence-electron chi connectivity index (χ1n) is 9.40. The van der Waals surface area contributed by atoms with Crippen LogP contribution in [-0.2, 0) is 19.1 Å². The Morgan fingerprint density at radius 2 is 1.65 bits per heavy atom. The quantitative estimate of drug-likeness (QED) is 0.428. The fourth-order valence-electron chi connectivity index (χ4n) is 2.99. The standard InChI is InChI=1S/C19H34O4/c1-4-5-6-8-16(3)22-18(20)9-7-10-19(21)23-17-13-11-15(2)12-14-17/h15-17H,4-14H2,1-3H3. The fraction of sp³-hybridized carbons (Fsp3) is 0.895. The first kappa shape index (κ1) is 20.0. The van der Waals surface area contributed by atoms with Crippen LogP contribution in [0.15, 0.2) is 0 Å². The second-order valence-electron chi connectivity index (χ2n) is 7.02. The van der Waals surface area contributed by atoms with Gasteiger partial charge in [0, 0.05) is 12.8 Å². The van der Waals surface area contributed by atoms with E-state index in [-0.39, 0.29) is 24.1 Å². The van der Waals surface area contributed by atoms with E-state index in [9.17, 15) is 9.59 Å². The lowest BCUT2D eigenvalue weighted by Gasteiger charge is -2.25. The molecule has 134 valence electrons. The van der Waals surface area contributed by atoms with E-state index < -0.39 is 0 Å². The van der Waals surface area contributed by atoms with Crippen LogP contribution in [0.4, 0.5) is 0 Å². The van der Waals surface area contributed by atoms with E-state index in [0.29, 0.717) is 19.3 Å². The molecule has 23 heavy (non-hydrogen) atoms. The lowest BCUT2D eigenvalue weighted by Crippen LogP contribution is -2.23. The molecule has 4 heteroatoms. The molecule has 0 heterocycles. The lowest BCUT2D eigenvalue weighted by atomic mass is 9.89. The molecule has 1 aliphatic carbocycles. The van der Waals surface area contributed by atoms with Crippen LogP contribution in [0.5, 0.6) is 0 Å². The number of ether oxygens (including phenoxy) is 2. The number of carbonyl (C=O) groups excluding carboxylic acids is 2. The van der Waals surface area contributed by atoms with Crippen molar-refractivity contribution in [2.75, 3.05) is 0 Å². The second-order valence-corrected chi connectivity index (χ2v) is 7.02. The number of rotatable bonds is 10. The highest BCUT2D eigenvalue weighted by Gasteiger charge is 2.21. The van der Waals surface area contributed by atoms with Crippen molar-refractivity contribution < 1.29 is 19.1 Å². The van der Waals surface area contributed by atoms with Crippen LogP contribution in [0.25, 0.3) is 0 Å². The molecule has 0 saturated heterocycles. The maximum Gasteiger partial charge on any atom is 0.306 e. The van der Waals surface area contributed by atoms with E-state index in [1.54, 1.807) is 0 Å². The molecule has 1 fully saturated rings. The summed E-state index contributed by atoms with van der Waals surface area (Å²) in [4.78, 5) is 23.5. The van der Waals surface area contributed by atoms with Gasteiger partial charge in [-0.25, -0.2) is 0 Å². The molecule has 4 nitrogen and oxygen atoms in total. The molecule has 0 aromatic heterocycles. The predicted molar refractivity (Wildman–Crippen MR) is 91.1 cm³/mol. The van der Waals surface area contributed by atoms with Crippen LogP contribution in [0.3, 0.4) is 0 Å². The molecule has 0 bridgehead atoms. The Morgan fingerprint density at radius 1 is 1.00 bits per heavy atom. The van der Waals surface area contributed by atoms with Crippen LogP contribution in [0.2, 0.25) is 0 Å². The van der Waals surface area contributed by atoms with Crippen LogP contribution >= 0.6 is 0 Å². The van der Waals surface area contributed by atoms with E-state index in [1.807, 2.05) is 6.92 Å². The summed E-state index contributed by atoms with van der Waals surface area (Å²) in [7, 11) is 0. The maximum absolute atomic E-state index is 11.8. The summed E-state index contributed by atoms with van der Waals surface area (Å²) in [5.41, 5.74) is 0. The van der Waals surface area contributed by atoms with Gasteiger partial charge in [-0.3, -0.25) is 9.59 Å². The predicted octanol–water partition coefficient (Wildman–Crippen LogP) is 4.79. The van der Waals surface area contributed by atoms with Crippen LogP contribution in [0.1, 0.15) is 91.4 Å². The van der Waals surface area contributed by atoms with Crippen LogP contribution < -0.4 is 0 Å². The summed E-state index contributed by atoms with van der Waals surface area (Å²) in [6.45, 7) is 6.34. The molecule has 1 unspecified atom stereocenters. The average molecular weight is 326 g/mol. The Bertz CT molecular complexity index is 345. The van der Waals surface area contributed by atoms with Crippen LogP contribution in [0, 0.1) is 5.92 Å². The number of unbranched alkanes of at least 4 members (excludes halogenated alkanes) is 2. The Hall–Kier alpha value is -1.06. The molecule has 0 spiro atoms. The van der Waals surface area contributed by atoms with Gasteiger partial charge in [0.1, 0.15) is 6.10 Å². The van der Waals surface area contributed by atoms with E-state index in [4.69, 9.17) is 9.47 Å². The van der Waals surface area contributed by atoms with E-state index in [2.05, 4.69) is 13.8 Å². The summed E-state index contributed by atoms with van der Waals surface area (Å²) in [5, 5.41) is 0. The van der Waals surface area contributed by atoms with Crippen molar-refractivity contribution >= 4 is 11.9 Å². The minimum atomic E-state index is -0.201. The van der Waals surface area contributed by atoms with Crippen molar-refractivity contribution in [2.45, 2.75) is 104 Å². The van der Waals surface area contributed by atoms with E-state index in [0.717, 1.165) is 44.4 Å². The molecular weight excluding hydrogens is 292 g/mol. The van der Waals surface area contributed by atoms with E-state index >= 15 is 0 Å². The molecular formula is C19H34O4. The third kappa shape index (κ3) is 9.62. The third-order valence-corrected chi connectivity index (χ3v) is 4.57. The summed E-state index contributed by atoms with van der Waals surface area (Å²) in [6.07, 6.45) is 9.78. The summed E-state index contributed by atoms with van der Waals surface area (Å²) < 4.78 is 10.8. The highest BCUT2D eigenvalue weighted by molar-refractivity contribution is 5.72. The molecule has 0 aromatic rings. The van der Waals surface area contributed by atoms with Gasteiger partial charge in [-0.05, 0) is 57.8 Å². The number of carbonyl (C=O) groups is 2. The average Bonchev–Trinajstić information content (AvgIpc) is 2.50. The zero-order valence-corrected chi connectivity index (χ0v) is 15.1. The molecule has 0 aromatic carbocycles. The Kier molecular flexibility index (Phi) is 9.97. The first-order valence-corrected chi connectivity index (χ1v) is 9.40. The zero-order valence-electron chi connectivity index (χ0n) is 15.1. The van der Waals surface area contributed by atoms with E-state index in [1.165, 1.54) is 12.8 Å². The van der Waals surface area contributed by atoms with Crippen molar-refractivity contribution in [2.24, 2.45) is 5.92 Å². The van der Waals surface area contributed by atoms with Crippen molar-refractivity contribution in [1.29, 1.82) is 0 Å². The van der Waals surface area contributed by atoms with Gasteiger partial charge in [0.05, 0.1) is 6.10 Å². The SMILES string of the molecule is CCCCCC(C)OC(=O)CCCC(=O)OC1CCC(C)CC1. The number of hydrogen-bond donors (Lipinski definition) is 0. The zero-order chi connectivity index (χ0) is 17.1. The molecule has 1 rings (SSSR count). The van der Waals surface area contributed by atoms with Gasteiger partial charge in [0.25, 0.3) is 0 Å². The minimum absolute atomic E-state index is 0.0229. The molecule has 1 saturated carbocycles. The van der Waals surface area contributed by atoms with Gasteiger partial charge in [-0.15, -0.1) is 0 Å². The molecule has 0 aliphatic heterocycles. The van der Waals surface area contributed by atoms with Crippen molar-refractivity contribution in [3.8, 4) is 0 Å². The Balaban J connectivity index is 2.06. The highest BCUT2D eigenvalue weighted by Crippen LogP contribution is 2.25. The van der Waals surface area contributed by atoms with Gasteiger partial charge < -0.3 is 9.47 Å². The van der Waals surface area contributed by atoms with Gasteiger partial charge in [-0.1, -0.05) is 26.7 Å². The normalized spacial score (nSPS) is 22.4. The number of hydrogen-bond acceptors (Lipinski definition) is 4. The Labute approximate surface area is 141 Å². The van der Waals surface area contributed by atoms with Gasteiger partial charge in [0.2, 0.25) is 0 Å². The molecule has 0 N–H and O–H groups in total. The van der Waals surface area contributed by atoms with Crippen molar-refractivity contribution in [3.05, 3.63) is 0 Å². The minimum Gasteiger partial charge on any atom is -0.463 e.